The molecule has 0 aliphatic carbocycles. The van der Waals surface area contributed by atoms with Crippen molar-refractivity contribution in [3.8, 4) is 5.19 Å². The number of fused-ring (bicyclic) bond motifs is 1. The topological polar surface area (TPSA) is 22.1 Å². The van der Waals surface area contributed by atoms with Crippen LogP contribution in [0.4, 0.5) is 13.2 Å². The monoisotopic (exact) mass is 233 g/mol. The molecule has 1 aromatic heterocycles. The first-order valence-corrected chi connectivity index (χ1v) is 5.02. The Morgan fingerprint density at radius 1 is 1.33 bits per heavy atom. The van der Waals surface area contributed by atoms with E-state index >= 15 is 0 Å². The third-order valence-electron chi connectivity index (χ3n) is 1.77. The van der Waals surface area contributed by atoms with Crippen LogP contribution in [0.15, 0.2) is 6.07 Å². The molecular formula is C9H6F3NOS. The summed E-state index contributed by atoms with van der Waals surface area (Å²) < 4.78 is 44.1. The van der Waals surface area contributed by atoms with Crippen LogP contribution in [-0.2, 0) is 0 Å². The summed E-state index contributed by atoms with van der Waals surface area (Å²) in [7, 11) is 0. The number of hydrogen-bond acceptors (Lipinski definition) is 3. The van der Waals surface area contributed by atoms with Gasteiger partial charge in [0, 0.05) is 0 Å². The van der Waals surface area contributed by atoms with Gasteiger partial charge in [0.15, 0.2) is 17.5 Å². The van der Waals surface area contributed by atoms with Gasteiger partial charge >= 0.3 is 0 Å². The van der Waals surface area contributed by atoms with E-state index < -0.39 is 17.5 Å². The normalized spacial score (nSPS) is 10.9. The summed E-state index contributed by atoms with van der Waals surface area (Å²) in [6.45, 7) is 2.11. The van der Waals surface area contributed by atoms with Crippen molar-refractivity contribution < 1.29 is 17.9 Å². The molecule has 0 radical (unpaired) electrons. The lowest BCUT2D eigenvalue weighted by Gasteiger charge is -1.94. The van der Waals surface area contributed by atoms with Crippen molar-refractivity contribution in [2.75, 3.05) is 6.61 Å². The smallest absolute Gasteiger partial charge is 0.274 e. The maximum atomic E-state index is 13.2. The molecule has 0 spiro atoms. The Kier molecular flexibility index (Phi) is 2.52. The van der Waals surface area contributed by atoms with E-state index in [2.05, 4.69) is 4.98 Å². The third-order valence-corrected chi connectivity index (χ3v) is 2.68. The molecule has 2 aromatic rings. The summed E-state index contributed by atoms with van der Waals surface area (Å²) in [5.41, 5.74) is -0.192. The number of aromatic nitrogens is 1. The second-order valence-corrected chi connectivity index (χ2v) is 3.74. The fraction of sp³-hybridized carbons (Fsp3) is 0.222. The van der Waals surface area contributed by atoms with Crippen LogP contribution in [0.25, 0.3) is 10.2 Å². The standard InChI is InChI=1S/C9H6F3NOS/c1-2-14-9-13-8-5(15-9)3-4(10)6(11)7(8)12/h3H,2H2,1H3. The molecule has 0 amide bonds. The van der Waals surface area contributed by atoms with Gasteiger partial charge < -0.3 is 4.74 Å². The molecule has 0 atom stereocenters. The van der Waals surface area contributed by atoms with E-state index in [4.69, 9.17) is 4.74 Å². The number of benzene rings is 1. The Bertz CT molecular complexity index is 512. The van der Waals surface area contributed by atoms with Gasteiger partial charge in [0.1, 0.15) is 5.52 Å². The van der Waals surface area contributed by atoms with Gasteiger partial charge in [-0.1, -0.05) is 11.3 Å². The predicted octanol–water partition coefficient (Wildman–Crippen LogP) is 3.11. The van der Waals surface area contributed by atoms with E-state index in [1.54, 1.807) is 6.92 Å². The fourth-order valence-corrected chi connectivity index (χ4v) is 2.04. The zero-order valence-electron chi connectivity index (χ0n) is 7.68. The summed E-state index contributed by atoms with van der Waals surface area (Å²) in [6, 6.07) is 0.911. The molecule has 0 aliphatic rings. The minimum atomic E-state index is -1.50. The average molecular weight is 233 g/mol. The number of nitrogens with zero attached hydrogens (tertiary/aromatic N) is 1. The Morgan fingerprint density at radius 3 is 2.73 bits per heavy atom. The summed E-state index contributed by atoms with van der Waals surface area (Å²) in [4.78, 5) is 3.72. The number of hydrogen-bond donors (Lipinski definition) is 0. The van der Waals surface area contributed by atoms with Crippen molar-refractivity contribution in [1.29, 1.82) is 0 Å². The summed E-state index contributed by atoms with van der Waals surface area (Å²) in [5, 5.41) is 0.205. The van der Waals surface area contributed by atoms with E-state index in [0.717, 1.165) is 17.4 Å². The van der Waals surface area contributed by atoms with Crippen molar-refractivity contribution in [2.45, 2.75) is 6.92 Å². The van der Waals surface area contributed by atoms with E-state index in [1.807, 2.05) is 0 Å². The maximum Gasteiger partial charge on any atom is 0.274 e. The molecule has 0 N–H and O–H groups in total. The zero-order valence-corrected chi connectivity index (χ0v) is 8.50. The summed E-state index contributed by atoms with van der Waals surface area (Å²) >= 11 is 0.979. The molecule has 0 saturated carbocycles. The molecule has 6 heteroatoms. The predicted molar refractivity (Wildman–Crippen MR) is 50.7 cm³/mol. The molecule has 80 valence electrons. The second-order valence-electron chi connectivity index (χ2n) is 2.75. The van der Waals surface area contributed by atoms with E-state index in [0.29, 0.717) is 6.61 Å². The molecule has 2 rings (SSSR count). The zero-order chi connectivity index (χ0) is 11.0. The molecule has 0 fully saturated rings. The van der Waals surface area contributed by atoms with Crippen molar-refractivity contribution >= 4 is 21.6 Å². The highest BCUT2D eigenvalue weighted by Gasteiger charge is 2.17. The number of halogens is 3. The Labute approximate surface area is 87.3 Å². The molecular weight excluding hydrogens is 227 g/mol. The lowest BCUT2D eigenvalue weighted by atomic mass is 10.3. The lowest BCUT2D eigenvalue weighted by Crippen LogP contribution is -1.92. The lowest BCUT2D eigenvalue weighted by molar-refractivity contribution is 0.338. The van der Waals surface area contributed by atoms with Crippen molar-refractivity contribution in [3.05, 3.63) is 23.5 Å². The van der Waals surface area contributed by atoms with Gasteiger partial charge in [-0.3, -0.25) is 0 Å². The van der Waals surface area contributed by atoms with Crippen LogP contribution in [0.2, 0.25) is 0 Å². The second kappa shape index (κ2) is 3.69. The first kappa shape index (κ1) is 10.2. The van der Waals surface area contributed by atoms with E-state index in [9.17, 15) is 13.2 Å². The molecule has 0 unspecified atom stereocenters. The maximum absolute atomic E-state index is 13.2. The highest BCUT2D eigenvalue weighted by atomic mass is 32.1. The number of ether oxygens (including phenoxy) is 1. The van der Waals surface area contributed by atoms with Crippen LogP contribution in [0.5, 0.6) is 5.19 Å². The number of thiazole rings is 1. The van der Waals surface area contributed by atoms with Gasteiger partial charge in [0.2, 0.25) is 0 Å². The SMILES string of the molecule is CCOc1nc2c(F)c(F)c(F)cc2s1. The third kappa shape index (κ3) is 1.65. The van der Waals surface area contributed by atoms with Crippen LogP contribution >= 0.6 is 11.3 Å². The van der Waals surface area contributed by atoms with Crippen molar-refractivity contribution in [1.82, 2.24) is 4.98 Å². The minimum Gasteiger partial charge on any atom is -0.470 e. The van der Waals surface area contributed by atoms with Gasteiger partial charge in [0.25, 0.3) is 5.19 Å². The molecule has 0 saturated heterocycles. The van der Waals surface area contributed by atoms with Gasteiger partial charge in [-0.05, 0) is 13.0 Å². The summed E-state index contributed by atoms with van der Waals surface area (Å²) in [5.74, 6) is -3.99. The van der Waals surface area contributed by atoms with Gasteiger partial charge in [-0.25, -0.2) is 13.2 Å². The van der Waals surface area contributed by atoms with Crippen LogP contribution < -0.4 is 4.74 Å². The molecule has 2 nitrogen and oxygen atoms in total. The van der Waals surface area contributed by atoms with Gasteiger partial charge in [-0.15, -0.1) is 0 Å². The Balaban J connectivity index is 2.65. The van der Waals surface area contributed by atoms with Crippen LogP contribution in [0.1, 0.15) is 6.92 Å². The van der Waals surface area contributed by atoms with E-state index in [-0.39, 0.29) is 15.4 Å². The van der Waals surface area contributed by atoms with Crippen LogP contribution in [0, 0.1) is 17.5 Å². The highest BCUT2D eigenvalue weighted by Crippen LogP contribution is 2.31. The largest absolute Gasteiger partial charge is 0.470 e. The first-order chi connectivity index (χ1) is 7.13. The molecule has 0 bridgehead atoms. The van der Waals surface area contributed by atoms with Crippen LogP contribution in [-0.4, -0.2) is 11.6 Å². The number of rotatable bonds is 2. The molecule has 0 aliphatic heterocycles. The minimum absolute atomic E-state index is 0.192. The Morgan fingerprint density at radius 2 is 2.07 bits per heavy atom. The van der Waals surface area contributed by atoms with Gasteiger partial charge in [0.05, 0.1) is 11.3 Å². The quantitative estimate of drug-likeness (QED) is 0.743. The van der Waals surface area contributed by atoms with Gasteiger partial charge in [-0.2, -0.15) is 4.98 Å². The van der Waals surface area contributed by atoms with E-state index in [1.165, 1.54) is 0 Å². The average Bonchev–Trinajstić information content (AvgIpc) is 2.58. The van der Waals surface area contributed by atoms with Crippen LogP contribution in [0.3, 0.4) is 0 Å². The summed E-state index contributed by atoms with van der Waals surface area (Å²) in [6.07, 6.45) is 0. The van der Waals surface area contributed by atoms with Crippen molar-refractivity contribution in [3.63, 3.8) is 0 Å². The fourth-order valence-electron chi connectivity index (χ4n) is 1.14. The first-order valence-electron chi connectivity index (χ1n) is 4.20. The molecule has 1 heterocycles. The molecule has 1 aromatic carbocycles. The molecule has 15 heavy (non-hydrogen) atoms. The Hall–Kier alpha value is -1.30. The highest BCUT2D eigenvalue weighted by molar-refractivity contribution is 7.20. The van der Waals surface area contributed by atoms with Crippen molar-refractivity contribution in [2.24, 2.45) is 0 Å².